The van der Waals surface area contributed by atoms with Gasteiger partial charge in [0, 0.05) is 12.2 Å². The average Bonchev–Trinajstić information content (AvgIpc) is 2.47. The van der Waals surface area contributed by atoms with Crippen molar-refractivity contribution < 1.29 is 0 Å². The van der Waals surface area contributed by atoms with Gasteiger partial charge in [0.2, 0.25) is 0 Å². The van der Waals surface area contributed by atoms with Gasteiger partial charge in [-0.25, -0.2) is 0 Å². The van der Waals surface area contributed by atoms with Gasteiger partial charge >= 0.3 is 0 Å². The number of benzene rings is 1. The van der Waals surface area contributed by atoms with E-state index in [2.05, 4.69) is 30.0 Å². The molecule has 0 N–H and O–H groups in total. The van der Waals surface area contributed by atoms with Gasteiger partial charge in [-0.15, -0.1) is 0 Å². The van der Waals surface area contributed by atoms with Crippen LogP contribution < -0.4 is 4.90 Å². The number of nitriles is 1. The first kappa shape index (κ1) is 15.6. The maximum atomic E-state index is 9.15. The highest BCUT2D eigenvalue weighted by atomic mass is 15.1. The van der Waals surface area contributed by atoms with E-state index in [0.29, 0.717) is 0 Å². The molecule has 0 amide bonds. The van der Waals surface area contributed by atoms with Gasteiger partial charge in [-0.3, -0.25) is 0 Å². The molecule has 0 aliphatic rings. The third-order valence-electron chi connectivity index (χ3n) is 3.49. The molecule has 1 rings (SSSR count). The lowest BCUT2D eigenvalue weighted by molar-refractivity contribution is 0.592. The lowest BCUT2D eigenvalue weighted by Crippen LogP contribution is -2.32. The van der Waals surface area contributed by atoms with Gasteiger partial charge in [0.1, 0.15) is 6.04 Å². The molecule has 19 heavy (non-hydrogen) atoms. The molecule has 0 radical (unpaired) electrons. The van der Waals surface area contributed by atoms with Crippen molar-refractivity contribution in [3.63, 3.8) is 0 Å². The molecule has 104 valence electrons. The highest BCUT2D eigenvalue weighted by Crippen LogP contribution is 2.17. The van der Waals surface area contributed by atoms with E-state index in [9.17, 15) is 0 Å². The Morgan fingerprint density at radius 3 is 2.32 bits per heavy atom. The molecule has 0 aliphatic carbocycles. The van der Waals surface area contributed by atoms with Gasteiger partial charge in [0.05, 0.1) is 6.07 Å². The van der Waals surface area contributed by atoms with E-state index in [-0.39, 0.29) is 6.04 Å². The fraction of sp³-hybridized carbons (Fsp3) is 0.588. The van der Waals surface area contributed by atoms with E-state index < -0.39 is 0 Å². The Balaban J connectivity index is 2.42. The van der Waals surface area contributed by atoms with Gasteiger partial charge in [-0.1, -0.05) is 57.2 Å². The van der Waals surface area contributed by atoms with E-state index in [0.717, 1.165) is 12.2 Å². The summed E-state index contributed by atoms with van der Waals surface area (Å²) < 4.78 is 0. The Labute approximate surface area is 118 Å². The van der Waals surface area contributed by atoms with Crippen LogP contribution in [0.1, 0.15) is 52.4 Å². The second kappa shape index (κ2) is 9.44. The first-order valence-electron chi connectivity index (χ1n) is 7.51. The molecule has 2 nitrogen and oxygen atoms in total. The summed E-state index contributed by atoms with van der Waals surface area (Å²) in [5.41, 5.74) is 1.16. The fourth-order valence-corrected chi connectivity index (χ4v) is 2.30. The molecule has 0 spiro atoms. The average molecular weight is 258 g/mol. The second-order valence-corrected chi connectivity index (χ2v) is 5.10. The second-order valence-electron chi connectivity index (χ2n) is 5.10. The SMILES string of the molecule is CCCCCCCCN(c1ccccc1)C(C)C#N. The van der Waals surface area contributed by atoms with Crippen LogP contribution in [0.3, 0.4) is 0 Å². The lowest BCUT2D eigenvalue weighted by atomic mass is 10.1. The molecule has 0 bridgehead atoms. The fourth-order valence-electron chi connectivity index (χ4n) is 2.30. The summed E-state index contributed by atoms with van der Waals surface area (Å²) in [6.07, 6.45) is 7.73. The zero-order valence-electron chi connectivity index (χ0n) is 12.3. The van der Waals surface area contributed by atoms with Gasteiger partial charge < -0.3 is 4.90 Å². The van der Waals surface area contributed by atoms with E-state index in [1.54, 1.807) is 0 Å². The van der Waals surface area contributed by atoms with Gasteiger partial charge in [0.25, 0.3) is 0 Å². The van der Waals surface area contributed by atoms with Crippen molar-refractivity contribution in [3.8, 4) is 6.07 Å². The first-order chi connectivity index (χ1) is 9.29. The van der Waals surface area contributed by atoms with Crippen molar-refractivity contribution in [1.29, 1.82) is 5.26 Å². The molecular weight excluding hydrogens is 232 g/mol. The monoisotopic (exact) mass is 258 g/mol. The summed E-state index contributed by atoms with van der Waals surface area (Å²) in [6.45, 7) is 5.20. The number of hydrogen-bond donors (Lipinski definition) is 0. The molecule has 0 fully saturated rings. The number of anilines is 1. The molecule has 0 saturated carbocycles. The zero-order valence-corrected chi connectivity index (χ0v) is 12.3. The van der Waals surface area contributed by atoms with Gasteiger partial charge in [0.15, 0.2) is 0 Å². The summed E-state index contributed by atoms with van der Waals surface area (Å²) in [7, 11) is 0. The van der Waals surface area contributed by atoms with Crippen LogP contribution in [0.15, 0.2) is 30.3 Å². The molecule has 0 aliphatic heterocycles. The predicted octanol–water partition coefficient (Wildman–Crippen LogP) is 4.77. The summed E-state index contributed by atoms with van der Waals surface area (Å²) in [6, 6.07) is 12.6. The first-order valence-corrected chi connectivity index (χ1v) is 7.51. The van der Waals surface area contributed by atoms with Crippen molar-refractivity contribution in [2.45, 2.75) is 58.4 Å². The maximum Gasteiger partial charge on any atom is 0.114 e. The van der Waals surface area contributed by atoms with Crippen LogP contribution in [0.4, 0.5) is 5.69 Å². The van der Waals surface area contributed by atoms with Gasteiger partial charge in [-0.05, 0) is 25.5 Å². The molecule has 1 unspecified atom stereocenters. The standard InChI is InChI=1S/C17H26N2/c1-3-4-5-6-7-11-14-19(16(2)15-18)17-12-9-8-10-13-17/h8-10,12-13,16H,3-7,11,14H2,1-2H3. The molecule has 1 atom stereocenters. The van der Waals surface area contributed by atoms with E-state index in [1.165, 1.54) is 38.5 Å². The number of nitrogens with zero attached hydrogens (tertiary/aromatic N) is 2. The van der Waals surface area contributed by atoms with Crippen LogP contribution in [0, 0.1) is 11.3 Å². The van der Waals surface area contributed by atoms with Crippen molar-refractivity contribution in [2.24, 2.45) is 0 Å². The Morgan fingerprint density at radius 2 is 1.68 bits per heavy atom. The van der Waals surface area contributed by atoms with Gasteiger partial charge in [-0.2, -0.15) is 5.26 Å². The molecule has 0 heterocycles. The lowest BCUT2D eigenvalue weighted by Gasteiger charge is -2.27. The van der Waals surface area contributed by atoms with Crippen molar-refractivity contribution in [2.75, 3.05) is 11.4 Å². The summed E-state index contributed by atoms with van der Waals surface area (Å²) in [4.78, 5) is 2.21. The van der Waals surface area contributed by atoms with E-state index >= 15 is 0 Å². The molecule has 1 aromatic rings. The number of hydrogen-bond acceptors (Lipinski definition) is 2. The Hall–Kier alpha value is -1.49. The Bertz CT molecular complexity index is 367. The normalized spacial score (nSPS) is 11.8. The van der Waals surface area contributed by atoms with Crippen LogP contribution in [0.2, 0.25) is 0 Å². The van der Waals surface area contributed by atoms with E-state index in [4.69, 9.17) is 5.26 Å². The quantitative estimate of drug-likeness (QED) is 0.597. The minimum absolute atomic E-state index is 0.0574. The minimum Gasteiger partial charge on any atom is -0.356 e. The number of rotatable bonds is 9. The zero-order chi connectivity index (χ0) is 13.9. The summed E-state index contributed by atoms with van der Waals surface area (Å²) in [5, 5.41) is 9.15. The smallest absolute Gasteiger partial charge is 0.114 e. The third-order valence-corrected chi connectivity index (χ3v) is 3.49. The largest absolute Gasteiger partial charge is 0.356 e. The van der Waals surface area contributed by atoms with Crippen LogP contribution in [-0.2, 0) is 0 Å². The molecule has 0 saturated heterocycles. The van der Waals surface area contributed by atoms with Crippen LogP contribution in [0.5, 0.6) is 0 Å². The molecule has 0 aromatic heterocycles. The number of para-hydroxylation sites is 1. The molecule has 1 aromatic carbocycles. The van der Waals surface area contributed by atoms with Crippen LogP contribution in [0.25, 0.3) is 0 Å². The van der Waals surface area contributed by atoms with E-state index in [1.807, 2.05) is 25.1 Å². The third kappa shape index (κ3) is 5.79. The van der Waals surface area contributed by atoms with Crippen molar-refractivity contribution in [1.82, 2.24) is 0 Å². The summed E-state index contributed by atoms with van der Waals surface area (Å²) in [5.74, 6) is 0. The predicted molar refractivity (Wildman–Crippen MR) is 82.2 cm³/mol. The van der Waals surface area contributed by atoms with Crippen molar-refractivity contribution in [3.05, 3.63) is 30.3 Å². The number of unbranched alkanes of at least 4 members (excludes halogenated alkanes) is 5. The Morgan fingerprint density at radius 1 is 1.05 bits per heavy atom. The highest BCUT2D eigenvalue weighted by molar-refractivity contribution is 5.48. The highest BCUT2D eigenvalue weighted by Gasteiger charge is 2.12. The molecule has 2 heteroatoms. The topological polar surface area (TPSA) is 27.0 Å². The minimum atomic E-state index is -0.0574. The maximum absolute atomic E-state index is 9.15. The summed E-state index contributed by atoms with van der Waals surface area (Å²) >= 11 is 0. The molecular formula is C17H26N2. The van der Waals surface area contributed by atoms with Crippen molar-refractivity contribution >= 4 is 5.69 Å². The van der Waals surface area contributed by atoms with Crippen LogP contribution >= 0.6 is 0 Å². The van der Waals surface area contributed by atoms with Crippen LogP contribution in [-0.4, -0.2) is 12.6 Å². The Kier molecular flexibility index (Phi) is 7.74.